The van der Waals surface area contributed by atoms with E-state index in [1.54, 1.807) is 18.7 Å². The molecule has 9 heteroatoms. The van der Waals surface area contributed by atoms with Crippen LogP contribution in [0.25, 0.3) is 16.7 Å². The minimum atomic E-state index is 0.162. The molecule has 1 aromatic carbocycles. The Morgan fingerprint density at radius 2 is 1.82 bits per heavy atom. The lowest BCUT2D eigenvalue weighted by Crippen LogP contribution is -2.36. The number of fused-ring (bicyclic) bond motifs is 2. The first-order valence-electron chi connectivity index (χ1n) is 11.6. The molecule has 1 aliphatic heterocycles. The predicted octanol–water partition coefficient (Wildman–Crippen LogP) is 3.31. The Bertz CT molecular complexity index is 1250. The van der Waals surface area contributed by atoms with Crippen LogP contribution in [-0.4, -0.2) is 63.0 Å². The Hall–Kier alpha value is -3.46. The van der Waals surface area contributed by atoms with E-state index in [-0.39, 0.29) is 6.10 Å². The molecule has 2 fully saturated rings. The molecule has 1 saturated carbocycles. The van der Waals surface area contributed by atoms with Crippen molar-refractivity contribution in [3.63, 3.8) is 0 Å². The molecule has 0 bridgehead atoms. The lowest BCUT2D eigenvalue weighted by atomic mass is 9.93. The summed E-state index contributed by atoms with van der Waals surface area (Å²) in [5.41, 5.74) is 3.67. The summed E-state index contributed by atoms with van der Waals surface area (Å²) in [7, 11) is 0. The van der Waals surface area contributed by atoms with Gasteiger partial charge in [-0.15, -0.1) is 0 Å². The molecule has 1 N–H and O–H groups in total. The molecular weight excluding hydrogens is 418 g/mol. The molecule has 1 saturated heterocycles. The van der Waals surface area contributed by atoms with Gasteiger partial charge in [0, 0.05) is 43.3 Å². The average molecular weight is 446 g/mol. The zero-order valence-corrected chi connectivity index (χ0v) is 18.4. The van der Waals surface area contributed by atoms with Crippen molar-refractivity contribution >= 4 is 28.2 Å². The average Bonchev–Trinajstić information content (AvgIpc) is 3.36. The van der Waals surface area contributed by atoms with Gasteiger partial charge in [0.05, 0.1) is 24.8 Å². The molecule has 33 heavy (non-hydrogen) atoms. The predicted molar refractivity (Wildman–Crippen MR) is 126 cm³/mol. The monoisotopic (exact) mass is 445 g/mol. The van der Waals surface area contributed by atoms with Crippen molar-refractivity contribution in [1.29, 1.82) is 0 Å². The molecule has 0 radical (unpaired) electrons. The molecule has 170 valence electrons. The molecule has 1 aliphatic carbocycles. The Balaban J connectivity index is 1.16. The fourth-order valence-corrected chi connectivity index (χ4v) is 4.79. The Morgan fingerprint density at radius 1 is 0.970 bits per heavy atom. The van der Waals surface area contributed by atoms with E-state index in [0.29, 0.717) is 6.04 Å². The van der Waals surface area contributed by atoms with Crippen molar-refractivity contribution < 1.29 is 9.47 Å². The van der Waals surface area contributed by atoms with Crippen molar-refractivity contribution in [2.75, 3.05) is 36.5 Å². The van der Waals surface area contributed by atoms with Crippen molar-refractivity contribution in [2.45, 2.75) is 37.8 Å². The highest BCUT2D eigenvalue weighted by atomic mass is 16.5. The third kappa shape index (κ3) is 4.16. The fraction of sp³-hybridized carbons (Fsp3) is 0.417. The molecule has 9 nitrogen and oxygen atoms in total. The van der Waals surface area contributed by atoms with Gasteiger partial charge in [-0.25, -0.2) is 9.97 Å². The van der Waals surface area contributed by atoms with Crippen LogP contribution >= 0.6 is 0 Å². The standard InChI is InChI=1S/C24H27N7O2/c1-2-22-27-16-28-31(22)23(3-1)29-17-4-6-19(7-5-17)33-21-15-18(30-10-12-32-13-11-30)14-20-24(21)26-9-8-25-20/h1-3,8-9,14-17,19,29H,4-7,10-13H2. The third-order valence-electron chi connectivity index (χ3n) is 6.52. The maximum atomic E-state index is 6.54. The lowest BCUT2D eigenvalue weighted by Gasteiger charge is -2.31. The van der Waals surface area contributed by atoms with Crippen LogP contribution in [0.5, 0.6) is 5.75 Å². The van der Waals surface area contributed by atoms with Crippen molar-refractivity contribution in [3.05, 3.63) is 49.1 Å². The second kappa shape index (κ2) is 8.82. The number of ether oxygens (including phenoxy) is 2. The van der Waals surface area contributed by atoms with Gasteiger partial charge in [-0.05, 0) is 43.9 Å². The maximum Gasteiger partial charge on any atom is 0.157 e. The van der Waals surface area contributed by atoms with Gasteiger partial charge in [0.25, 0.3) is 0 Å². The summed E-state index contributed by atoms with van der Waals surface area (Å²) in [5.74, 6) is 1.81. The summed E-state index contributed by atoms with van der Waals surface area (Å²) >= 11 is 0. The summed E-state index contributed by atoms with van der Waals surface area (Å²) in [5, 5.41) is 7.96. The summed E-state index contributed by atoms with van der Waals surface area (Å²) < 4.78 is 13.9. The molecule has 0 unspecified atom stereocenters. The molecule has 2 aliphatic rings. The van der Waals surface area contributed by atoms with Gasteiger partial charge in [0.2, 0.25) is 0 Å². The molecule has 6 rings (SSSR count). The summed E-state index contributed by atoms with van der Waals surface area (Å²) in [4.78, 5) is 15.7. The van der Waals surface area contributed by atoms with E-state index < -0.39 is 0 Å². The van der Waals surface area contributed by atoms with E-state index in [4.69, 9.17) is 9.47 Å². The Morgan fingerprint density at radius 3 is 2.70 bits per heavy atom. The molecule has 0 spiro atoms. The van der Waals surface area contributed by atoms with Crippen LogP contribution in [0.3, 0.4) is 0 Å². The van der Waals surface area contributed by atoms with Crippen molar-refractivity contribution in [2.24, 2.45) is 0 Å². The van der Waals surface area contributed by atoms with E-state index in [9.17, 15) is 0 Å². The fourth-order valence-electron chi connectivity index (χ4n) is 4.79. The van der Waals surface area contributed by atoms with Crippen LogP contribution in [0.4, 0.5) is 11.5 Å². The SMILES string of the molecule is c1cc(NC2CCC(Oc3cc(N4CCOCC4)cc4nccnc34)CC2)n2ncnc2c1. The van der Waals surface area contributed by atoms with Gasteiger partial charge in [-0.1, -0.05) is 6.07 Å². The number of pyridine rings is 1. The third-order valence-corrected chi connectivity index (χ3v) is 6.52. The van der Waals surface area contributed by atoms with Crippen LogP contribution < -0.4 is 15.0 Å². The first-order chi connectivity index (χ1) is 16.3. The largest absolute Gasteiger partial charge is 0.488 e. The Kier molecular flexibility index (Phi) is 5.39. The van der Waals surface area contributed by atoms with Crippen LogP contribution in [-0.2, 0) is 4.74 Å². The number of hydrogen-bond acceptors (Lipinski definition) is 8. The number of benzene rings is 1. The molecule has 0 atom stereocenters. The number of rotatable bonds is 5. The zero-order chi connectivity index (χ0) is 22.0. The van der Waals surface area contributed by atoms with Gasteiger partial charge in [0.1, 0.15) is 23.4 Å². The number of anilines is 2. The first-order valence-corrected chi connectivity index (χ1v) is 11.6. The normalized spacial score (nSPS) is 21.4. The summed E-state index contributed by atoms with van der Waals surface area (Å²) in [6.07, 6.45) is 9.24. The van der Waals surface area contributed by atoms with Gasteiger partial charge in [0.15, 0.2) is 5.65 Å². The van der Waals surface area contributed by atoms with E-state index in [0.717, 1.165) is 85.9 Å². The molecule has 3 aromatic heterocycles. The number of nitrogens with one attached hydrogen (secondary N) is 1. The molecule has 0 amide bonds. The molecule has 4 aromatic rings. The van der Waals surface area contributed by atoms with Gasteiger partial charge < -0.3 is 19.7 Å². The van der Waals surface area contributed by atoms with Gasteiger partial charge in [-0.2, -0.15) is 9.61 Å². The second-order valence-corrected chi connectivity index (χ2v) is 8.64. The zero-order valence-electron chi connectivity index (χ0n) is 18.4. The van der Waals surface area contributed by atoms with Crippen LogP contribution in [0.15, 0.2) is 49.1 Å². The highest BCUT2D eigenvalue weighted by Gasteiger charge is 2.24. The van der Waals surface area contributed by atoms with E-state index in [1.165, 1.54) is 0 Å². The smallest absolute Gasteiger partial charge is 0.157 e. The lowest BCUT2D eigenvalue weighted by molar-refractivity contribution is 0.122. The van der Waals surface area contributed by atoms with Gasteiger partial charge in [-0.3, -0.25) is 4.98 Å². The maximum absolute atomic E-state index is 6.54. The summed E-state index contributed by atoms with van der Waals surface area (Å²) in [6, 6.07) is 10.6. The summed E-state index contributed by atoms with van der Waals surface area (Å²) in [6.45, 7) is 3.24. The first kappa shape index (κ1) is 20.2. The molecule has 4 heterocycles. The van der Waals surface area contributed by atoms with Crippen LogP contribution in [0.1, 0.15) is 25.7 Å². The highest BCUT2D eigenvalue weighted by Crippen LogP contribution is 2.33. The highest BCUT2D eigenvalue weighted by molar-refractivity contribution is 5.85. The quantitative estimate of drug-likeness (QED) is 0.500. The van der Waals surface area contributed by atoms with E-state index in [2.05, 4.69) is 42.4 Å². The minimum Gasteiger partial charge on any atom is -0.488 e. The minimum absolute atomic E-state index is 0.162. The van der Waals surface area contributed by atoms with Gasteiger partial charge >= 0.3 is 0 Å². The van der Waals surface area contributed by atoms with Crippen molar-refractivity contribution in [3.8, 4) is 5.75 Å². The molecular formula is C24H27N7O2. The number of aromatic nitrogens is 5. The number of hydrogen-bond donors (Lipinski definition) is 1. The van der Waals surface area contributed by atoms with Crippen LogP contribution in [0.2, 0.25) is 0 Å². The van der Waals surface area contributed by atoms with Crippen molar-refractivity contribution in [1.82, 2.24) is 24.6 Å². The number of morpholine rings is 1. The topological polar surface area (TPSA) is 89.7 Å². The second-order valence-electron chi connectivity index (χ2n) is 8.64. The Labute approximate surface area is 191 Å². The van der Waals surface area contributed by atoms with E-state index in [1.807, 2.05) is 22.7 Å². The van der Waals surface area contributed by atoms with E-state index >= 15 is 0 Å². The van der Waals surface area contributed by atoms with Crippen LogP contribution in [0, 0.1) is 0 Å². The number of nitrogens with zero attached hydrogens (tertiary/aromatic N) is 6.